The molecule has 0 atom stereocenters. The van der Waals surface area contributed by atoms with Gasteiger partial charge in [0.25, 0.3) is 0 Å². The van der Waals surface area contributed by atoms with Gasteiger partial charge in [0.05, 0.1) is 6.20 Å². The molecule has 1 heterocycles. The minimum absolute atomic E-state index is 0.0178. The van der Waals surface area contributed by atoms with E-state index < -0.39 is 5.97 Å². The van der Waals surface area contributed by atoms with Crippen LogP contribution in [0.4, 0.5) is 0 Å². The molecule has 1 aromatic rings. The first-order valence-corrected chi connectivity index (χ1v) is 5.12. The van der Waals surface area contributed by atoms with Gasteiger partial charge < -0.3 is 15.0 Å². The summed E-state index contributed by atoms with van der Waals surface area (Å²) in [6, 6.07) is 0.282. The molecule has 1 saturated carbocycles. The van der Waals surface area contributed by atoms with Crippen LogP contribution in [0.2, 0.25) is 0 Å². The number of aromatic carboxylic acids is 1. The van der Waals surface area contributed by atoms with Crippen LogP contribution in [-0.4, -0.2) is 32.6 Å². The molecule has 2 N–H and O–H groups in total. The molecule has 0 spiro atoms. The fourth-order valence-corrected chi connectivity index (χ4v) is 1.48. The first kappa shape index (κ1) is 10.7. The molecule has 16 heavy (non-hydrogen) atoms. The van der Waals surface area contributed by atoms with E-state index in [0.29, 0.717) is 5.82 Å². The maximum absolute atomic E-state index is 11.5. The quantitative estimate of drug-likeness (QED) is 0.762. The maximum atomic E-state index is 11.5. The predicted octanol–water partition coefficient (Wildman–Crippen LogP) is 0.168. The van der Waals surface area contributed by atoms with Crippen molar-refractivity contribution in [2.75, 3.05) is 0 Å². The van der Waals surface area contributed by atoms with E-state index in [1.165, 1.54) is 10.8 Å². The molecule has 1 amide bonds. The van der Waals surface area contributed by atoms with E-state index in [2.05, 4.69) is 10.3 Å². The Morgan fingerprint density at radius 2 is 2.31 bits per heavy atom. The topological polar surface area (TPSA) is 84.2 Å². The van der Waals surface area contributed by atoms with Gasteiger partial charge in [-0.2, -0.15) is 0 Å². The fourth-order valence-electron chi connectivity index (χ4n) is 1.48. The summed E-state index contributed by atoms with van der Waals surface area (Å²) < 4.78 is 1.40. The first-order chi connectivity index (χ1) is 7.58. The van der Waals surface area contributed by atoms with Crippen molar-refractivity contribution < 1.29 is 14.7 Å². The van der Waals surface area contributed by atoms with Crippen molar-refractivity contribution in [3.63, 3.8) is 0 Å². The number of carbonyl (C=O) groups is 2. The molecule has 0 unspecified atom stereocenters. The summed E-state index contributed by atoms with van der Waals surface area (Å²) in [7, 11) is 0. The average Bonchev–Trinajstić information content (AvgIpc) is 2.92. The highest BCUT2D eigenvalue weighted by molar-refractivity contribution is 5.86. The number of carboxylic acid groups (broad SMARTS) is 1. The second-order valence-corrected chi connectivity index (χ2v) is 3.92. The SMILES string of the molecule is Cc1ncc(C(=O)O)n1CC(=O)NC1CC1. The minimum atomic E-state index is -1.07. The Bertz CT molecular complexity index is 435. The van der Waals surface area contributed by atoms with Gasteiger partial charge in [-0.3, -0.25) is 4.79 Å². The summed E-state index contributed by atoms with van der Waals surface area (Å²) >= 11 is 0. The zero-order valence-corrected chi connectivity index (χ0v) is 8.93. The number of hydrogen-bond acceptors (Lipinski definition) is 3. The van der Waals surface area contributed by atoms with Crippen LogP contribution in [0.25, 0.3) is 0 Å². The van der Waals surface area contributed by atoms with Crippen molar-refractivity contribution in [1.29, 1.82) is 0 Å². The highest BCUT2D eigenvalue weighted by atomic mass is 16.4. The summed E-state index contributed by atoms with van der Waals surface area (Å²) in [5, 5.41) is 11.7. The number of nitrogens with zero attached hydrogens (tertiary/aromatic N) is 2. The van der Waals surface area contributed by atoms with Crippen molar-refractivity contribution in [2.24, 2.45) is 0 Å². The summed E-state index contributed by atoms with van der Waals surface area (Å²) in [5.41, 5.74) is 0.0449. The van der Waals surface area contributed by atoms with Gasteiger partial charge in [-0.05, 0) is 19.8 Å². The number of imidazole rings is 1. The normalized spacial score (nSPS) is 14.8. The van der Waals surface area contributed by atoms with Crippen LogP contribution in [-0.2, 0) is 11.3 Å². The number of carboxylic acids is 1. The maximum Gasteiger partial charge on any atom is 0.354 e. The minimum Gasteiger partial charge on any atom is -0.477 e. The molecule has 0 aromatic carbocycles. The largest absolute Gasteiger partial charge is 0.477 e. The molecule has 1 aliphatic rings. The van der Waals surface area contributed by atoms with E-state index in [9.17, 15) is 9.59 Å². The lowest BCUT2D eigenvalue weighted by Crippen LogP contribution is -2.30. The zero-order chi connectivity index (χ0) is 11.7. The van der Waals surface area contributed by atoms with Gasteiger partial charge in [-0.1, -0.05) is 0 Å². The van der Waals surface area contributed by atoms with Gasteiger partial charge in [0.15, 0.2) is 0 Å². The Hall–Kier alpha value is -1.85. The Morgan fingerprint density at radius 1 is 1.62 bits per heavy atom. The summed E-state index contributed by atoms with van der Waals surface area (Å²) in [6.45, 7) is 1.70. The van der Waals surface area contributed by atoms with Crippen LogP contribution in [0.5, 0.6) is 0 Å². The molecule has 0 radical (unpaired) electrons. The predicted molar refractivity (Wildman–Crippen MR) is 55.1 cm³/mol. The van der Waals surface area contributed by atoms with Gasteiger partial charge in [-0.25, -0.2) is 9.78 Å². The molecular weight excluding hydrogens is 210 g/mol. The van der Waals surface area contributed by atoms with Gasteiger partial charge in [0.2, 0.25) is 5.91 Å². The van der Waals surface area contributed by atoms with Gasteiger partial charge >= 0.3 is 5.97 Å². The summed E-state index contributed by atoms with van der Waals surface area (Å²) in [5.74, 6) is -0.700. The molecule has 1 fully saturated rings. The van der Waals surface area contributed by atoms with Crippen molar-refractivity contribution in [2.45, 2.75) is 32.4 Å². The number of amides is 1. The van der Waals surface area contributed by atoms with Gasteiger partial charge in [0.1, 0.15) is 18.1 Å². The molecular formula is C10H13N3O3. The van der Waals surface area contributed by atoms with E-state index in [-0.39, 0.29) is 24.2 Å². The Kier molecular flexibility index (Phi) is 2.64. The lowest BCUT2D eigenvalue weighted by atomic mass is 10.4. The fraction of sp³-hybridized carbons (Fsp3) is 0.500. The molecule has 1 aromatic heterocycles. The lowest BCUT2D eigenvalue weighted by Gasteiger charge is -2.07. The van der Waals surface area contributed by atoms with Crippen molar-refractivity contribution in [3.05, 3.63) is 17.7 Å². The van der Waals surface area contributed by atoms with Crippen molar-refractivity contribution in [1.82, 2.24) is 14.9 Å². The third-order valence-corrected chi connectivity index (χ3v) is 2.52. The van der Waals surface area contributed by atoms with Crippen LogP contribution in [0.3, 0.4) is 0 Å². The highest BCUT2D eigenvalue weighted by Gasteiger charge is 2.24. The van der Waals surface area contributed by atoms with E-state index >= 15 is 0 Å². The number of carbonyl (C=O) groups excluding carboxylic acids is 1. The molecule has 86 valence electrons. The number of nitrogens with one attached hydrogen (secondary N) is 1. The third kappa shape index (κ3) is 2.21. The van der Waals surface area contributed by atoms with E-state index in [1.54, 1.807) is 6.92 Å². The number of hydrogen-bond donors (Lipinski definition) is 2. The standard InChI is InChI=1S/C10H13N3O3/c1-6-11-4-8(10(15)16)13(6)5-9(14)12-7-2-3-7/h4,7H,2-3,5H2,1H3,(H,12,14)(H,15,16). The summed E-state index contributed by atoms with van der Waals surface area (Å²) in [4.78, 5) is 26.3. The molecule has 1 aliphatic carbocycles. The molecule has 2 rings (SSSR count). The second kappa shape index (κ2) is 3.96. The Balaban J connectivity index is 2.09. The molecule has 6 heteroatoms. The van der Waals surface area contributed by atoms with Gasteiger partial charge in [0, 0.05) is 6.04 Å². The van der Waals surface area contributed by atoms with E-state index in [0.717, 1.165) is 12.8 Å². The molecule has 0 saturated heterocycles. The number of aromatic nitrogens is 2. The Morgan fingerprint density at radius 3 is 2.88 bits per heavy atom. The van der Waals surface area contributed by atoms with Crippen LogP contribution < -0.4 is 5.32 Å². The monoisotopic (exact) mass is 223 g/mol. The van der Waals surface area contributed by atoms with Crippen molar-refractivity contribution >= 4 is 11.9 Å². The van der Waals surface area contributed by atoms with Crippen molar-refractivity contribution in [3.8, 4) is 0 Å². The zero-order valence-electron chi connectivity index (χ0n) is 8.93. The van der Waals surface area contributed by atoms with E-state index in [1.807, 2.05) is 0 Å². The average molecular weight is 223 g/mol. The number of aryl methyl sites for hydroxylation is 1. The van der Waals surface area contributed by atoms with Crippen LogP contribution in [0.15, 0.2) is 6.20 Å². The van der Waals surface area contributed by atoms with Crippen LogP contribution in [0, 0.1) is 6.92 Å². The highest BCUT2D eigenvalue weighted by Crippen LogP contribution is 2.18. The molecule has 0 bridgehead atoms. The van der Waals surface area contributed by atoms with Crippen LogP contribution in [0.1, 0.15) is 29.2 Å². The summed E-state index contributed by atoms with van der Waals surface area (Å²) in [6.07, 6.45) is 3.29. The first-order valence-electron chi connectivity index (χ1n) is 5.12. The smallest absolute Gasteiger partial charge is 0.354 e. The van der Waals surface area contributed by atoms with Gasteiger partial charge in [-0.15, -0.1) is 0 Å². The number of rotatable bonds is 4. The van der Waals surface area contributed by atoms with Crippen LogP contribution >= 0.6 is 0 Å². The molecule has 6 nitrogen and oxygen atoms in total. The van der Waals surface area contributed by atoms with E-state index in [4.69, 9.17) is 5.11 Å². The third-order valence-electron chi connectivity index (χ3n) is 2.52. The second-order valence-electron chi connectivity index (χ2n) is 3.92. The lowest BCUT2D eigenvalue weighted by molar-refractivity contribution is -0.121. The molecule has 0 aliphatic heterocycles. The Labute approximate surface area is 92.3 Å².